The molecule has 1 nitrogen and oxygen atoms in total. The number of rotatable bonds is 1. The maximum Gasteiger partial charge on any atom is 0.135 e. The Morgan fingerprint density at radius 1 is 1.27 bits per heavy atom. The lowest BCUT2D eigenvalue weighted by Gasteiger charge is -2.03. The molecule has 60 valence electrons. The summed E-state index contributed by atoms with van der Waals surface area (Å²) < 4.78 is 0. The third kappa shape index (κ3) is 1.60. The number of aromatic hydroxyl groups is 1. The van der Waals surface area contributed by atoms with Crippen LogP contribution in [0.1, 0.15) is 12.5 Å². The van der Waals surface area contributed by atoms with Gasteiger partial charge in [-0.2, -0.15) is 0 Å². The van der Waals surface area contributed by atoms with Crippen molar-refractivity contribution >= 4 is 23.2 Å². The Balaban J connectivity index is 3.25. The first kappa shape index (κ1) is 8.69. The van der Waals surface area contributed by atoms with Crippen LogP contribution in [0.2, 0.25) is 10.0 Å². The molecule has 1 aromatic carbocycles. The Bertz CT molecular complexity index is 271. The van der Waals surface area contributed by atoms with Gasteiger partial charge in [0, 0.05) is 0 Å². The van der Waals surface area contributed by atoms with E-state index in [1.54, 1.807) is 12.1 Å². The van der Waals surface area contributed by atoms with E-state index in [4.69, 9.17) is 28.3 Å². The second kappa shape index (κ2) is 3.33. The van der Waals surface area contributed by atoms with Crippen LogP contribution in [-0.2, 0) is 6.42 Å². The summed E-state index contributed by atoms with van der Waals surface area (Å²) in [6.07, 6.45) is 0.818. The predicted octanol–water partition coefficient (Wildman–Crippen LogP) is 3.26. The van der Waals surface area contributed by atoms with E-state index in [-0.39, 0.29) is 10.8 Å². The van der Waals surface area contributed by atoms with Crippen LogP contribution in [0.5, 0.6) is 5.75 Å². The topological polar surface area (TPSA) is 20.2 Å². The Morgan fingerprint density at radius 2 is 1.91 bits per heavy atom. The molecule has 11 heavy (non-hydrogen) atoms. The first-order valence-electron chi connectivity index (χ1n) is 3.32. The molecule has 1 N–H and O–H groups in total. The molecule has 0 amide bonds. The standard InChI is InChI=1S/C8H8Cl2O/c1-2-5-3-4-6(11)8(10)7(5)9/h3-4,11H,2H2,1H3. The van der Waals surface area contributed by atoms with Gasteiger partial charge in [-0.05, 0) is 18.1 Å². The van der Waals surface area contributed by atoms with Crippen molar-refractivity contribution in [2.75, 3.05) is 0 Å². The van der Waals surface area contributed by atoms with Gasteiger partial charge in [-0.1, -0.05) is 36.2 Å². The maximum absolute atomic E-state index is 9.10. The predicted molar refractivity (Wildman–Crippen MR) is 47.5 cm³/mol. The summed E-state index contributed by atoms with van der Waals surface area (Å²) in [6.45, 7) is 1.98. The molecule has 0 heterocycles. The molecule has 3 heteroatoms. The summed E-state index contributed by atoms with van der Waals surface area (Å²) in [7, 11) is 0. The van der Waals surface area contributed by atoms with Crippen molar-refractivity contribution < 1.29 is 5.11 Å². The van der Waals surface area contributed by atoms with Gasteiger partial charge in [-0.25, -0.2) is 0 Å². The van der Waals surface area contributed by atoms with E-state index in [0.717, 1.165) is 12.0 Å². The van der Waals surface area contributed by atoms with Crippen LogP contribution >= 0.6 is 23.2 Å². The molecular weight excluding hydrogens is 183 g/mol. The summed E-state index contributed by atoms with van der Waals surface area (Å²) in [6, 6.07) is 3.32. The monoisotopic (exact) mass is 190 g/mol. The highest BCUT2D eigenvalue weighted by atomic mass is 35.5. The fraction of sp³-hybridized carbons (Fsp3) is 0.250. The van der Waals surface area contributed by atoms with Crippen LogP contribution in [0, 0.1) is 0 Å². The first-order chi connectivity index (χ1) is 5.16. The van der Waals surface area contributed by atoms with Crippen molar-refractivity contribution in [2.24, 2.45) is 0 Å². The highest BCUT2D eigenvalue weighted by molar-refractivity contribution is 6.43. The van der Waals surface area contributed by atoms with E-state index < -0.39 is 0 Å². The van der Waals surface area contributed by atoms with Crippen molar-refractivity contribution in [1.82, 2.24) is 0 Å². The van der Waals surface area contributed by atoms with Gasteiger partial charge in [0.1, 0.15) is 10.8 Å². The van der Waals surface area contributed by atoms with Gasteiger partial charge in [-0.3, -0.25) is 0 Å². The van der Waals surface area contributed by atoms with E-state index >= 15 is 0 Å². The molecule has 0 aliphatic rings. The number of aryl methyl sites for hydroxylation is 1. The third-order valence-corrected chi connectivity index (χ3v) is 2.43. The lowest BCUT2D eigenvalue weighted by molar-refractivity contribution is 0.475. The van der Waals surface area contributed by atoms with E-state index in [1.807, 2.05) is 6.92 Å². The number of benzene rings is 1. The van der Waals surface area contributed by atoms with Gasteiger partial charge >= 0.3 is 0 Å². The van der Waals surface area contributed by atoms with Gasteiger partial charge in [0.2, 0.25) is 0 Å². The Morgan fingerprint density at radius 3 is 2.45 bits per heavy atom. The quantitative estimate of drug-likeness (QED) is 0.722. The highest BCUT2D eigenvalue weighted by Crippen LogP contribution is 2.33. The molecule has 0 spiro atoms. The third-order valence-electron chi connectivity index (χ3n) is 1.52. The minimum atomic E-state index is 0.0360. The largest absolute Gasteiger partial charge is 0.506 e. The maximum atomic E-state index is 9.10. The SMILES string of the molecule is CCc1ccc(O)c(Cl)c1Cl. The first-order valence-corrected chi connectivity index (χ1v) is 4.08. The summed E-state index contributed by atoms with van der Waals surface area (Å²) in [5.41, 5.74) is 0.953. The molecule has 0 atom stereocenters. The Kier molecular flexibility index (Phi) is 2.63. The normalized spacial score (nSPS) is 10.1. The number of phenols is 1. The minimum Gasteiger partial charge on any atom is -0.506 e. The second-order valence-corrected chi connectivity index (χ2v) is 2.98. The lowest BCUT2D eigenvalue weighted by atomic mass is 10.2. The number of hydrogen-bond donors (Lipinski definition) is 1. The van der Waals surface area contributed by atoms with Crippen LogP contribution in [0.4, 0.5) is 0 Å². The van der Waals surface area contributed by atoms with Crippen LogP contribution < -0.4 is 0 Å². The number of halogens is 2. The van der Waals surface area contributed by atoms with E-state index in [0.29, 0.717) is 5.02 Å². The van der Waals surface area contributed by atoms with Crippen molar-refractivity contribution in [1.29, 1.82) is 0 Å². The van der Waals surface area contributed by atoms with Crippen LogP contribution in [-0.4, -0.2) is 5.11 Å². The highest BCUT2D eigenvalue weighted by Gasteiger charge is 2.06. The number of phenolic OH excluding ortho intramolecular Hbond substituents is 1. The molecule has 0 fully saturated rings. The smallest absolute Gasteiger partial charge is 0.135 e. The van der Waals surface area contributed by atoms with Crippen molar-refractivity contribution in [3.8, 4) is 5.75 Å². The summed E-state index contributed by atoms with van der Waals surface area (Å²) in [5.74, 6) is 0.0360. The summed E-state index contributed by atoms with van der Waals surface area (Å²) >= 11 is 11.5. The van der Waals surface area contributed by atoms with Gasteiger partial charge in [0.05, 0.1) is 5.02 Å². The summed E-state index contributed by atoms with van der Waals surface area (Å²) in [4.78, 5) is 0. The zero-order valence-electron chi connectivity index (χ0n) is 6.06. The minimum absolute atomic E-state index is 0.0360. The van der Waals surface area contributed by atoms with E-state index in [1.165, 1.54) is 0 Å². The zero-order valence-corrected chi connectivity index (χ0v) is 7.58. The van der Waals surface area contributed by atoms with Gasteiger partial charge in [0.15, 0.2) is 0 Å². The summed E-state index contributed by atoms with van der Waals surface area (Å²) in [5, 5.41) is 9.80. The molecule has 1 aromatic rings. The Labute approximate surface area is 75.6 Å². The zero-order chi connectivity index (χ0) is 8.43. The van der Waals surface area contributed by atoms with E-state index in [9.17, 15) is 0 Å². The van der Waals surface area contributed by atoms with Gasteiger partial charge in [0.25, 0.3) is 0 Å². The molecule has 0 aliphatic carbocycles. The van der Waals surface area contributed by atoms with Gasteiger partial charge < -0.3 is 5.11 Å². The fourth-order valence-corrected chi connectivity index (χ4v) is 1.33. The van der Waals surface area contributed by atoms with E-state index in [2.05, 4.69) is 0 Å². The molecule has 0 saturated carbocycles. The molecule has 1 rings (SSSR count). The molecule has 0 unspecified atom stereocenters. The molecule has 0 bridgehead atoms. The molecule has 0 radical (unpaired) electrons. The lowest BCUT2D eigenvalue weighted by Crippen LogP contribution is -1.82. The van der Waals surface area contributed by atoms with Crippen LogP contribution in [0.15, 0.2) is 12.1 Å². The number of hydrogen-bond acceptors (Lipinski definition) is 1. The average Bonchev–Trinajstić information content (AvgIpc) is 2.01. The second-order valence-electron chi connectivity index (χ2n) is 2.23. The molecule has 0 saturated heterocycles. The van der Waals surface area contributed by atoms with Crippen LogP contribution in [0.25, 0.3) is 0 Å². The molecular formula is C8H8Cl2O. The van der Waals surface area contributed by atoms with Gasteiger partial charge in [-0.15, -0.1) is 0 Å². The molecule has 0 aromatic heterocycles. The van der Waals surface area contributed by atoms with Crippen molar-refractivity contribution in [3.63, 3.8) is 0 Å². The van der Waals surface area contributed by atoms with Crippen molar-refractivity contribution in [3.05, 3.63) is 27.7 Å². The molecule has 0 aliphatic heterocycles. The van der Waals surface area contributed by atoms with Crippen LogP contribution in [0.3, 0.4) is 0 Å². The average molecular weight is 191 g/mol. The Hall–Kier alpha value is -0.400. The fourth-order valence-electron chi connectivity index (χ4n) is 0.852. The van der Waals surface area contributed by atoms with Crippen molar-refractivity contribution in [2.45, 2.75) is 13.3 Å².